The topological polar surface area (TPSA) is 36.9 Å². The van der Waals surface area contributed by atoms with Gasteiger partial charge in [0.2, 0.25) is 0 Å². The van der Waals surface area contributed by atoms with Crippen LogP contribution in [-0.4, -0.2) is 38.4 Å². The third kappa shape index (κ3) is 4.90. The molecule has 0 aliphatic carbocycles. The molecule has 0 bridgehead atoms. The van der Waals surface area contributed by atoms with Crippen molar-refractivity contribution in [1.29, 1.82) is 0 Å². The number of nitrogens with zero attached hydrogens (tertiary/aromatic N) is 2. The summed E-state index contributed by atoms with van der Waals surface area (Å²) in [6.45, 7) is 0.956. The zero-order chi connectivity index (χ0) is 15.8. The van der Waals surface area contributed by atoms with Gasteiger partial charge < -0.3 is 9.64 Å². The lowest BCUT2D eigenvalue weighted by Crippen LogP contribution is -2.18. The number of ether oxygens (including phenoxy) is 1. The Morgan fingerprint density at radius 1 is 1.05 bits per heavy atom. The van der Waals surface area contributed by atoms with E-state index in [1.165, 1.54) is 0 Å². The van der Waals surface area contributed by atoms with E-state index in [9.17, 15) is 0 Å². The zero-order valence-corrected chi connectivity index (χ0v) is 13.4. The molecule has 2 aromatic carbocycles. The summed E-state index contributed by atoms with van der Waals surface area (Å²) in [5, 5.41) is 4.59. The SMILES string of the molecule is COc1ccc(N/N=C(/CCN(C)C)c2ccccc2)cc1. The summed E-state index contributed by atoms with van der Waals surface area (Å²) in [4.78, 5) is 2.16. The van der Waals surface area contributed by atoms with Crippen molar-refractivity contribution in [3.05, 3.63) is 60.2 Å². The summed E-state index contributed by atoms with van der Waals surface area (Å²) in [6.07, 6.45) is 0.889. The maximum atomic E-state index is 5.16. The van der Waals surface area contributed by atoms with Crippen LogP contribution < -0.4 is 10.2 Å². The second-order valence-corrected chi connectivity index (χ2v) is 5.32. The third-order valence-electron chi connectivity index (χ3n) is 3.31. The summed E-state index contributed by atoms with van der Waals surface area (Å²) >= 11 is 0. The van der Waals surface area contributed by atoms with Gasteiger partial charge in [0.25, 0.3) is 0 Å². The van der Waals surface area contributed by atoms with Crippen molar-refractivity contribution >= 4 is 11.4 Å². The quantitative estimate of drug-likeness (QED) is 0.628. The Kier molecular flexibility index (Phi) is 5.98. The first-order valence-electron chi connectivity index (χ1n) is 7.36. The molecule has 0 saturated carbocycles. The maximum absolute atomic E-state index is 5.16. The van der Waals surface area contributed by atoms with Gasteiger partial charge in [-0.3, -0.25) is 5.43 Å². The number of rotatable bonds is 7. The van der Waals surface area contributed by atoms with E-state index in [1.54, 1.807) is 7.11 Å². The molecule has 4 nitrogen and oxygen atoms in total. The van der Waals surface area contributed by atoms with Crippen LogP contribution in [0.5, 0.6) is 5.75 Å². The van der Waals surface area contributed by atoms with Crippen molar-refractivity contribution in [3.63, 3.8) is 0 Å². The molecule has 0 unspecified atom stereocenters. The van der Waals surface area contributed by atoms with Gasteiger partial charge in [-0.15, -0.1) is 0 Å². The lowest BCUT2D eigenvalue weighted by atomic mass is 10.1. The highest BCUT2D eigenvalue weighted by atomic mass is 16.5. The number of hydrogen-bond donors (Lipinski definition) is 1. The van der Waals surface area contributed by atoms with Gasteiger partial charge in [-0.05, 0) is 43.9 Å². The molecule has 2 aromatic rings. The minimum absolute atomic E-state index is 0.838. The molecular formula is C18H23N3O. The van der Waals surface area contributed by atoms with Crippen LogP contribution in [0.2, 0.25) is 0 Å². The molecule has 0 aliphatic heterocycles. The van der Waals surface area contributed by atoms with Gasteiger partial charge >= 0.3 is 0 Å². The Labute approximate surface area is 132 Å². The number of hydrogen-bond acceptors (Lipinski definition) is 4. The summed E-state index contributed by atoms with van der Waals surface area (Å²) in [5.41, 5.74) is 6.27. The molecule has 0 spiro atoms. The van der Waals surface area contributed by atoms with Gasteiger partial charge in [0, 0.05) is 13.0 Å². The highest BCUT2D eigenvalue weighted by Crippen LogP contribution is 2.15. The Hall–Kier alpha value is -2.33. The van der Waals surface area contributed by atoms with E-state index >= 15 is 0 Å². The molecule has 0 amide bonds. The van der Waals surface area contributed by atoms with Gasteiger partial charge in [-0.2, -0.15) is 5.10 Å². The van der Waals surface area contributed by atoms with E-state index < -0.39 is 0 Å². The Balaban J connectivity index is 2.12. The normalized spacial score (nSPS) is 11.5. The van der Waals surface area contributed by atoms with Crippen LogP contribution in [0, 0.1) is 0 Å². The lowest BCUT2D eigenvalue weighted by Gasteiger charge is -2.12. The molecule has 0 aromatic heterocycles. The Morgan fingerprint density at radius 2 is 1.73 bits per heavy atom. The molecular weight excluding hydrogens is 274 g/mol. The largest absolute Gasteiger partial charge is 0.497 e. The van der Waals surface area contributed by atoms with Crippen molar-refractivity contribution in [1.82, 2.24) is 4.90 Å². The van der Waals surface area contributed by atoms with E-state index in [2.05, 4.69) is 41.7 Å². The fraction of sp³-hybridized carbons (Fsp3) is 0.278. The van der Waals surface area contributed by atoms with Crippen LogP contribution in [0.1, 0.15) is 12.0 Å². The van der Waals surface area contributed by atoms with Crippen LogP contribution in [0.15, 0.2) is 59.7 Å². The molecule has 0 radical (unpaired) electrons. The monoisotopic (exact) mass is 297 g/mol. The van der Waals surface area contributed by atoms with Crippen molar-refractivity contribution in [2.24, 2.45) is 5.10 Å². The van der Waals surface area contributed by atoms with Crippen LogP contribution in [0.25, 0.3) is 0 Å². The predicted molar refractivity (Wildman–Crippen MR) is 92.8 cm³/mol. The number of nitrogens with one attached hydrogen (secondary N) is 1. The van der Waals surface area contributed by atoms with Crippen LogP contribution in [0.3, 0.4) is 0 Å². The van der Waals surface area contributed by atoms with Crippen LogP contribution in [-0.2, 0) is 0 Å². The highest BCUT2D eigenvalue weighted by Gasteiger charge is 2.04. The van der Waals surface area contributed by atoms with Crippen molar-refractivity contribution in [2.45, 2.75) is 6.42 Å². The van der Waals surface area contributed by atoms with Crippen LogP contribution in [0.4, 0.5) is 5.69 Å². The smallest absolute Gasteiger partial charge is 0.119 e. The second kappa shape index (κ2) is 8.20. The fourth-order valence-electron chi connectivity index (χ4n) is 2.02. The Morgan fingerprint density at radius 3 is 2.32 bits per heavy atom. The lowest BCUT2D eigenvalue weighted by molar-refractivity contribution is 0.415. The summed E-state index contributed by atoms with van der Waals surface area (Å²) in [6, 6.07) is 18.0. The van der Waals surface area contributed by atoms with E-state index in [4.69, 9.17) is 4.74 Å². The van der Waals surface area contributed by atoms with Gasteiger partial charge in [0.05, 0.1) is 18.5 Å². The molecule has 116 valence electrons. The minimum Gasteiger partial charge on any atom is -0.497 e. The minimum atomic E-state index is 0.838. The van der Waals surface area contributed by atoms with Gasteiger partial charge in [-0.1, -0.05) is 30.3 Å². The van der Waals surface area contributed by atoms with Crippen LogP contribution >= 0.6 is 0 Å². The maximum Gasteiger partial charge on any atom is 0.119 e. The van der Waals surface area contributed by atoms with Gasteiger partial charge in [0.15, 0.2) is 0 Å². The average Bonchev–Trinajstić information content (AvgIpc) is 2.56. The van der Waals surface area contributed by atoms with E-state index in [0.717, 1.165) is 35.7 Å². The third-order valence-corrected chi connectivity index (χ3v) is 3.31. The number of methoxy groups -OCH3 is 1. The number of benzene rings is 2. The number of anilines is 1. The summed E-state index contributed by atoms with van der Waals surface area (Å²) in [7, 11) is 5.80. The first-order valence-corrected chi connectivity index (χ1v) is 7.36. The van der Waals surface area contributed by atoms with E-state index in [0.29, 0.717) is 0 Å². The van der Waals surface area contributed by atoms with Crippen molar-refractivity contribution in [3.8, 4) is 5.75 Å². The molecule has 4 heteroatoms. The standard InChI is InChI=1S/C18H23N3O/c1-21(2)14-13-18(15-7-5-4-6-8-15)20-19-16-9-11-17(22-3)12-10-16/h4-12,19H,13-14H2,1-3H3/b20-18-. The molecule has 22 heavy (non-hydrogen) atoms. The highest BCUT2D eigenvalue weighted by molar-refractivity contribution is 6.01. The molecule has 0 saturated heterocycles. The van der Waals surface area contributed by atoms with Gasteiger partial charge in [0.1, 0.15) is 5.75 Å². The first-order chi connectivity index (χ1) is 10.7. The average molecular weight is 297 g/mol. The molecule has 0 heterocycles. The Bertz CT molecular complexity index is 591. The zero-order valence-electron chi connectivity index (χ0n) is 13.4. The molecule has 2 rings (SSSR count). The van der Waals surface area contributed by atoms with E-state index in [-0.39, 0.29) is 0 Å². The molecule has 0 fully saturated rings. The van der Waals surface area contributed by atoms with Crippen molar-refractivity contribution in [2.75, 3.05) is 33.2 Å². The summed E-state index contributed by atoms with van der Waals surface area (Å²) in [5.74, 6) is 0.838. The molecule has 1 N–H and O–H groups in total. The predicted octanol–water partition coefficient (Wildman–Crippen LogP) is 3.46. The molecule has 0 aliphatic rings. The number of hydrazone groups is 1. The summed E-state index contributed by atoms with van der Waals surface area (Å²) < 4.78 is 5.16. The van der Waals surface area contributed by atoms with E-state index in [1.807, 2.05) is 42.5 Å². The fourth-order valence-corrected chi connectivity index (χ4v) is 2.02. The van der Waals surface area contributed by atoms with Crippen molar-refractivity contribution < 1.29 is 4.74 Å². The van der Waals surface area contributed by atoms with Gasteiger partial charge in [-0.25, -0.2) is 0 Å². The second-order valence-electron chi connectivity index (χ2n) is 5.32. The molecule has 0 atom stereocenters. The first kappa shape index (κ1) is 16.0.